The van der Waals surface area contributed by atoms with Gasteiger partial charge in [-0.05, 0) is 42.1 Å². The molecule has 29 heavy (non-hydrogen) atoms. The normalized spacial score (nSPS) is 16.0. The maximum absolute atomic E-state index is 12.7. The van der Waals surface area contributed by atoms with Crippen LogP contribution in [0.2, 0.25) is 0 Å². The van der Waals surface area contributed by atoms with E-state index in [1.807, 2.05) is 29.2 Å². The molecular formula is C22H27N3O3S. The van der Waals surface area contributed by atoms with Gasteiger partial charge in [-0.25, -0.2) is 0 Å². The Kier molecular flexibility index (Phi) is 7.43. The van der Waals surface area contributed by atoms with Crippen molar-refractivity contribution in [3.63, 3.8) is 0 Å². The first-order chi connectivity index (χ1) is 14.0. The molecule has 7 heteroatoms. The maximum atomic E-state index is 12.7. The molecule has 3 rings (SSSR count). The van der Waals surface area contributed by atoms with Crippen LogP contribution in [-0.2, 0) is 16.1 Å². The quantitative estimate of drug-likeness (QED) is 0.709. The van der Waals surface area contributed by atoms with Gasteiger partial charge in [0, 0.05) is 43.7 Å². The average Bonchev–Trinajstić information content (AvgIpc) is 3.25. The summed E-state index contributed by atoms with van der Waals surface area (Å²) in [6, 6.07) is 11.1. The Bertz CT molecular complexity index is 825. The van der Waals surface area contributed by atoms with E-state index >= 15 is 0 Å². The first kappa shape index (κ1) is 21.1. The minimum absolute atomic E-state index is 0.0352. The van der Waals surface area contributed by atoms with E-state index in [0.717, 1.165) is 30.9 Å². The van der Waals surface area contributed by atoms with Crippen molar-refractivity contribution in [1.29, 1.82) is 0 Å². The molecule has 0 radical (unpaired) electrons. The molecule has 0 bridgehead atoms. The van der Waals surface area contributed by atoms with Gasteiger partial charge >= 0.3 is 0 Å². The molecule has 1 saturated heterocycles. The minimum atomic E-state index is -0.549. The Labute approximate surface area is 175 Å². The molecule has 154 valence electrons. The fraction of sp³-hybridized carbons (Fsp3) is 0.364. The highest BCUT2D eigenvalue weighted by Crippen LogP contribution is 2.14. The van der Waals surface area contributed by atoms with E-state index in [0.29, 0.717) is 13.1 Å². The highest BCUT2D eigenvalue weighted by Gasteiger charge is 2.25. The number of carbonyl (C=O) groups is 2. The Balaban J connectivity index is 1.43. The number of amides is 2. The van der Waals surface area contributed by atoms with Crippen molar-refractivity contribution in [3.05, 3.63) is 58.3 Å². The topological polar surface area (TPSA) is 61.9 Å². The number of nitrogens with one attached hydrogen (secondary N) is 1. The van der Waals surface area contributed by atoms with Crippen molar-refractivity contribution in [3.8, 4) is 5.75 Å². The molecule has 2 amide bonds. The number of piperazine rings is 1. The maximum Gasteiger partial charge on any atom is 0.244 e. The lowest BCUT2D eigenvalue weighted by molar-refractivity contribution is -0.136. The lowest BCUT2D eigenvalue weighted by Gasteiger charge is -2.35. The van der Waals surface area contributed by atoms with E-state index in [1.54, 1.807) is 31.4 Å². The van der Waals surface area contributed by atoms with Crippen LogP contribution in [0.15, 0.2) is 47.9 Å². The van der Waals surface area contributed by atoms with Gasteiger partial charge in [-0.15, -0.1) is 11.3 Å². The lowest BCUT2D eigenvalue weighted by atomic mass is 10.2. The largest absolute Gasteiger partial charge is 0.497 e. The second-order valence-electron chi connectivity index (χ2n) is 7.02. The summed E-state index contributed by atoms with van der Waals surface area (Å²) in [5.41, 5.74) is 0.891. The van der Waals surface area contributed by atoms with Gasteiger partial charge in [0.05, 0.1) is 7.11 Å². The zero-order valence-electron chi connectivity index (χ0n) is 16.8. The number of rotatable bonds is 7. The first-order valence-corrected chi connectivity index (χ1v) is 10.6. The van der Waals surface area contributed by atoms with Crippen LogP contribution in [0.25, 0.3) is 6.08 Å². The van der Waals surface area contributed by atoms with E-state index in [1.165, 1.54) is 11.0 Å². The molecule has 0 aliphatic carbocycles. The second-order valence-corrected chi connectivity index (χ2v) is 8.05. The molecule has 0 spiro atoms. The Morgan fingerprint density at radius 2 is 1.90 bits per heavy atom. The Morgan fingerprint density at radius 1 is 1.17 bits per heavy atom. The van der Waals surface area contributed by atoms with Crippen LogP contribution in [-0.4, -0.2) is 60.9 Å². The van der Waals surface area contributed by atoms with Crippen LogP contribution in [0.5, 0.6) is 5.75 Å². The predicted molar refractivity (Wildman–Crippen MR) is 116 cm³/mol. The molecule has 1 aromatic heterocycles. The Hall–Kier alpha value is -2.64. The van der Waals surface area contributed by atoms with Gasteiger partial charge in [-0.2, -0.15) is 0 Å². The third-order valence-electron chi connectivity index (χ3n) is 4.92. The van der Waals surface area contributed by atoms with Crippen LogP contribution < -0.4 is 10.1 Å². The summed E-state index contributed by atoms with van der Waals surface area (Å²) < 4.78 is 5.12. The standard InChI is InChI=1S/C22H27N3O3S/c1-17(23-21(26)10-7-18-5-8-19(28-2)9-6-18)22(27)25-13-11-24(12-14-25)16-20-4-3-15-29-20/h3-10,15,17H,11-14,16H2,1-2H3,(H,23,26)/b10-7+. The van der Waals surface area contributed by atoms with E-state index in [-0.39, 0.29) is 11.8 Å². The van der Waals surface area contributed by atoms with Gasteiger partial charge in [0.15, 0.2) is 0 Å². The highest BCUT2D eigenvalue weighted by molar-refractivity contribution is 7.09. The smallest absolute Gasteiger partial charge is 0.244 e. The number of hydrogen-bond acceptors (Lipinski definition) is 5. The molecule has 1 aromatic carbocycles. The number of ether oxygens (including phenoxy) is 1. The van der Waals surface area contributed by atoms with Crippen molar-refractivity contribution < 1.29 is 14.3 Å². The van der Waals surface area contributed by atoms with Crippen LogP contribution in [0.4, 0.5) is 0 Å². The van der Waals surface area contributed by atoms with E-state index in [9.17, 15) is 9.59 Å². The summed E-state index contributed by atoms with van der Waals surface area (Å²) in [4.78, 5) is 30.4. The van der Waals surface area contributed by atoms with Gasteiger partial charge in [0.2, 0.25) is 11.8 Å². The highest BCUT2D eigenvalue weighted by atomic mass is 32.1. The van der Waals surface area contributed by atoms with Crippen LogP contribution in [0.3, 0.4) is 0 Å². The molecule has 1 aliphatic heterocycles. The van der Waals surface area contributed by atoms with E-state index in [2.05, 4.69) is 27.7 Å². The zero-order valence-corrected chi connectivity index (χ0v) is 17.7. The van der Waals surface area contributed by atoms with Gasteiger partial charge in [0.1, 0.15) is 11.8 Å². The molecule has 0 saturated carbocycles. The van der Waals surface area contributed by atoms with E-state index < -0.39 is 6.04 Å². The molecule has 2 aromatic rings. The first-order valence-electron chi connectivity index (χ1n) is 9.71. The molecule has 1 N–H and O–H groups in total. The zero-order chi connectivity index (χ0) is 20.6. The molecule has 6 nitrogen and oxygen atoms in total. The lowest BCUT2D eigenvalue weighted by Crippen LogP contribution is -2.53. The third-order valence-corrected chi connectivity index (χ3v) is 5.78. The van der Waals surface area contributed by atoms with Crippen molar-refractivity contribution in [2.24, 2.45) is 0 Å². The van der Waals surface area contributed by atoms with Gasteiger partial charge < -0.3 is 15.0 Å². The number of carbonyl (C=O) groups excluding carboxylic acids is 2. The summed E-state index contributed by atoms with van der Waals surface area (Å²) in [7, 11) is 1.61. The fourth-order valence-corrected chi connectivity index (χ4v) is 3.98. The average molecular weight is 414 g/mol. The number of methoxy groups -OCH3 is 1. The third kappa shape index (κ3) is 6.17. The SMILES string of the molecule is COc1ccc(/C=C/C(=O)NC(C)C(=O)N2CCN(Cc3cccs3)CC2)cc1. The fourth-order valence-electron chi connectivity index (χ4n) is 3.23. The van der Waals surface area contributed by atoms with Crippen LogP contribution in [0.1, 0.15) is 17.4 Å². The molecule has 1 atom stereocenters. The number of nitrogens with zero attached hydrogens (tertiary/aromatic N) is 2. The van der Waals surface area contributed by atoms with Gasteiger partial charge in [-0.1, -0.05) is 18.2 Å². The summed E-state index contributed by atoms with van der Waals surface area (Å²) in [6.07, 6.45) is 3.17. The number of hydrogen-bond donors (Lipinski definition) is 1. The second kappa shape index (κ2) is 10.2. The van der Waals surface area contributed by atoms with Crippen molar-refractivity contribution in [2.45, 2.75) is 19.5 Å². The minimum Gasteiger partial charge on any atom is -0.497 e. The molecule has 1 aliphatic rings. The van der Waals surface area contributed by atoms with Crippen molar-refractivity contribution >= 4 is 29.2 Å². The number of benzene rings is 1. The molecule has 1 fully saturated rings. The molecule has 1 unspecified atom stereocenters. The van der Waals surface area contributed by atoms with Crippen molar-refractivity contribution in [2.75, 3.05) is 33.3 Å². The summed E-state index contributed by atoms with van der Waals surface area (Å²) in [5.74, 6) is 0.450. The number of thiophene rings is 1. The summed E-state index contributed by atoms with van der Waals surface area (Å²) in [6.45, 7) is 5.74. The predicted octanol–water partition coefficient (Wildman–Crippen LogP) is 2.62. The molecule has 2 heterocycles. The van der Waals surface area contributed by atoms with Gasteiger partial charge in [0.25, 0.3) is 0 Å². The Morgan fingerprint density at radius 3 is 2.52 bits per heavy atom. The van der Waals surface area contributed by atoms with Gasteiger partial charge in [-0.3, -0.25) is 14.5 Å². The molecular weight excluding hydrogens is 386 g/mol. The van der Waals surface area contributed by atoms with Crippen LogP contribution in [0, 0.1) is 0 Å². The monoisotopic (exact) mass is 413 g/mol. The van der Waals surface area contributed by atoms with Crippen LogP contribution >= 0.6 is 11.3 Å². The van der Waals surface area contributed by atoms with E-state index in [4.69, 9.17) is 4.74 Å². The summed E-state index contributed by atoms with van der Waals surface area (Å²) in [5, 5.41) is 4.85. The van der Waals surface area contributed by atoms with Crippen molar-refractivity contribution in [1.82, 2.24) is 15.1 Å². The summed E-state index contributed by atoms with van der Waals surface area (Å²) >= 11 is 1.76.